The summed E-state index contributed by atoms with van der Waals surface area (Å²) in [6.45, 7) is 2.15. The molecule has 1 atom stereocenters. The maximum absolute atomic E-state index is 11.3. The van der Waals surface area contributed by atoms with Crippen molar-refractivity contribution in [3.05, 3.63) is 20.8 Å². The van der Waals surface area contributed by atoms with E-state index >= 15 is 0 Å². The van der Waals surface area contributed by atoms with Crippen LogP contribution < -0.4 is 16.1 Å². The van der Waals surface area contributed by atoms with Crippen LogP contribution in [0.3, 0.4) is 0 Å². The van der Waals surface area contributed by atoms with Crippen molar-refractivity contribution >= 4 is 5.82 Å². The van der Waals surface area contributed by atoms with Gasteiger partial charge in [0.15, 0.2) is 0 Å². The summed E-state index contributed by atoms with van der Waals surface area (Å²) >= 11 is 0. The molecular weight excluding hydrogens is 200 g/mol. The van der Waals surface area contributed by atoms with Crippen LogP contribution in [-0.4, -0.2) is 40.0 Å². The molecule has 7 heteroatoms. The summed E-state index contributed by atoms with van der Waals surface area (Å²) in [7, 11) is 1.66. The van der Waals surface area contributed by atoms with Crippen LogP contribution >= 0.6 is 0 Å². The van der Waals surface area contributed by atoms with E-state index in [1.165, 1.54) is 0 Å². The molecule has 0 radical (unpaired) electrons. The first-order valence-corrected chi connectivity index (χ1v) is 4.59. The Balaban J connectivity index is 2.78. The van der Waals surface area contributed by atoms with Crippen molar-refractivity contribution in [2.75, 3.05) is 18.5 Å². The van der Waals surface area contributed by atoms with Crippen LogP contribution in [0, 0.1) is 0 Å². The SMILES string of the molecule is CC(O)CCN(C)c1n[nH]c(=O)[nH]c1=O. The van der Waals surface area contributed by atoms with Crippen molar-refractivity contribution in [1.29, 1.82) is 0 Å². The molecule has 84 valence electrons. The van der Waals surface area contributed by atoms with E-state index in [2.05, 4.69) is 15.2 Å². The third-order valence-corrected chi connectivity index (χ3v) is 1.94. The van der Waals surface area contributed by atoms with Gasteiger partial charge in [0.2, 0.25) is 5.82 Å². The summed E-state index contributed by atoms with van der Waals surface area (Å²) in [6.07, 6.45) is 0.0887. The molecule has 0 fully saturated rings. The number of aromatic amines is 2. The van der Waals surface area contributed by atoms with Crippen molar-refractivity contribution < 1.29 is 5.11 Å². The average Bonchev–Trinajstić information content (AvgIpc) is 2.14. The number of nitrogens with one attached hydrogen (secondary N) is 2. The summed E-state index contributed by atoms with van der Waals surface area (Å²) < 4.78 is 0. The fourth-order valence-corrected chi connectivity index (χ4v) is 1.09. The lowest BCUT2D eigenvalue weighted by Gasteiger charge is -2.16. The fourth-order valence-electron chi connectivity index (χ4n) is 1.09. The van der Waals surface area contributed by atoms with Gasteiger partial charge in [-0.15, -0.1) is 5.10 Å². The number of hydrogen-bond acceptors (Lipinski definition) is 5. The van der Waals surface area contributed by atoms with Gasteiger partial charge in [-0.2, -0.15) is 0 Å². The third kappa shape index (κ3) is 3.21. The minimum Gasteiger partial charge on any atom is -0.393 e. The maximum Gasteiger partial charge on any atom is 0.342 e. The fraction of sp³-hybridized carbons (Fsp3) is 0.625. The molecule has 0 aromatic carbocycles. The van der Waals surface area contributed by atoms with Gasteiger partial charge in [0.25, 0.3) is 5.56 Å². The Morgan fingerprint density at radius 3 is 2.73 bits per heavy atom. The Morgan fingerprint density at radius 1 is 1.53 bits per heavy atom. The monoisotopic (exact) mass is 214 g/mol. The summed E-state index contributed by atoms with van der Waals surface area (Å²) in [5.74, 6) is 0.134. The maximum atomic E-state index is 11.3. The van der Waals surface area contributed by atoms with E-state index < -0.39 is 17.4 Å². The standard InChI is InChI=1S/C8H14N4O3/c1-5(13)3-4-12(2)6-7(14)9-8(15)11-10-6/h5,13H,3-4H2,1-2H3,(H2,9,11,14,15). The molecule has 7 nitrogen and oxygen atoms in total. The molecule has 0 amide bonds. The zero-order valence-corrected chi connectivity index (χ0v) is 8.65. The normalized spacial score (nSPS) is 12.5. The molecule has 1 heterocycles. The summed E-state index contributed by atoms with van der Waals surface area (Å²) in [4.78, 5) is 25.6. The van der Waals surface area contributed by atoms with Crippen molar-refractivity contribution in [2.45, 2.75) is 19.4 Å². The second kappa shape index (κ2) is 4.74. The summed E-state index contributed by atoms with van der Waals surface area (Å²) in [5.41, 5.74) is -1.17. The van der Waals surface area contributed by atoms with Crippen molar-refractivity contribution in [1.82, 2.24) is 15.2 Å². The molecule has 1 aromatic heterocycles. The topological polar surface area (TPSA) is 102 Å². The van der Waals surface area contributed by atoms with Gasteiger partial charge in [0, 0.05) is 13.6 Å². The number of anilines is 1. The largest absolute Gasteiger partial charge is 0.393 e. The first-order valence-electron chi connectivity index (χ1n) is 4.59. The molecule has 0 spiro atoms. The van der Waals surface area contributed by atoms with Crippen LogP contribution in [0.15, 0.2) is 9.59 Å². The van der Waals surface area contributed by atoms with Crippen LogP contribution in [0.4, 0.5) is 5.82 Å². The lowest BCUT2D eigenvalue weighted by molar-refractivity contribution is 0.186. The number of hydrogen-bond donors (Lipinski definition) is 3. The smallest absolute Gasteiger partial charge is 0.342 e. The van der Waals surface area contributed by atoms with Gasteiger partial charge in [-0.25, -0.2) is 9.89 Å². The molecule has 0 saturated heterocycles. The molecule has 0 aliphatic heterocycles. The highest BCUT2D eigenvalue weighted by molar-refractivity contribution is 5.32. The second-order valence-corrected chi connectivity index (χ2v) is 3.39. The van der Waals surface area contributed by atoms with E-state index in [0.717, 1.165) is 0 Å². The summed E-state index contributed by atoms with van der Waals surface area (Å²) in [6, 6.07) is 0. The van der Waals surface area contributed by atoms with Crippen molar-refractivity contribution in [3.63, 3.8) is 0 Å². The Kier molecular flexibility index (Phi) is 3.62. The highest BCUT2D eigenvalue weighted by atomic mass is 16.3. The molecule has 15 heavy (non-hydrogen) atoms. The summed E-state index contributed by atoms with van der Waals surface area (Å²) in [5, 5.41) is 14.8. The van der Waals surface area contributed by atoms with Crippen LogP contribution in [0.25, 0.3) is 0 Å². The van der Waals surface area contributed by atoms with E-state index in [9.17, 15) is 9.59 Å². The second-order valence-electron chi connectivity index (χ2n) is 3.39. The minimum atomic E-state index is -0.632. The lowest BCUT2D eigenvalue weighted by atomic mass is 10.3. The zero-order chi connectivity index (χ0) is 11.4. The van der Waals surface area contributed by atoms with Gasteiger partial charge in [-0.05, 0) is 13.3 Å². The Bertz CT molecular complexity index is 422. The Morgan fingerprint density at radius 2 is 2.20 bits per heavy atom. The van der Waals surface area contributed by atoms with Crippen LogP contribution in [0.1, 0.15) is 13.3 Å². The predicted molar refractivity (Wildman–Crippen MR) is 55.0 cm³/mol. The van der Waals surface area contributed by atoms with Crippen LogP contribution in [-0.2, 0) is 0 Å². The molecule has 0 bridgehead atoms. The number of nitrogens with zero attached hydrogens (tertiary/aromatic N) is 2. The molecule has 0 aliphatic carbocycles. The van der Waals surface area contributed by atoms with Gasteiger partial charge in [0.1, 0.15) is 0 Å². The van der Waals surface area contributed by atoms with Crippen LogP contribution in [0.5, 0.6) is 0 Å². The van der Waals surface area contributed by atoms with E-state index in [4.69, 9.17) is 5.11 Å². The van der Waals surface area contributed by atoms with E-state index in [1.807, 2.05) is 0 Å². The molecular formula is C8H14N4O3. The number of aliphatic hydroxyl groups excluding tert-OH is 1. The first-order chi connectivity index (χ1) is 7.00. The van der Waals surface area contributed by atoms with E-state index in [0.29, 0.717) is 13.0 Å². The quantitative estimate of drug-likeness (QED) is 0.576. The number of rotatable bonds is 4. The van der Waals surface area contributed by atoms with Crippen molar-refractivity contribution in [2.24, 2.45) is 0 Å². The minimum absolute atomic E-state index is 0.134. The van der Waals surface area contributed by atoms with Gasteiger partial charge in [0.05, 0.1) is 6.10 Å². The highest BCUT2D eigenvalue weighted by Gasteiger charge is 2.08. The van der Waals surface area contributed by atoms with Crippen LogP contribution in [0.2, 0.25) is 0 Å². The van der Waals surface area contributed by atoms with Crippen molar-refractivity contribution in [3.8, 4) is 0 Å². The number of H-pyrrole nitrogens is 2. The van der Waals surface area contributed by atoms with E-state index in [1.54, 1.807) is 18.9 Å². The number of aromatic nitrogens is 3. The Labute approximate surface area is 85.8 Å². The lowest BCUT2D eigenvalue weighted by Crippen LogP contribution is -2.33. The third-order valence-electron chi connectivity index (χ3n) is 1.94. The molecule has 1 aromatic rings. The molecule has 1 unspecified atom stereocenters. The predicted octanol–water partition coefficient (Wildman–Crippen LogP) is -1.33. The van der Waals surface area contributed by atoms with Gasteiger partial charge >= 0.3 is 5.69 Å². The number of aliphatic hydroxyl groups is 1. The molecule has 1 rings (SSSR count). The highest BCUT2D eigenvalue weighted by Crippen LogP contribution is 1.99. The average molecular weight is 214 g/mol. The molecule has 0 aliphatic rings. The first kappa shape index (κ1) is 11.4. The molecule has 0 saturated carbocycles. The van der Waals surface area contributed by atoms with Gasteiger partial charge in [-0.1, -0.05) is 0 Å². The zero-order valence-electron chi connectivity index (χ0n) is 8.65. The van der Waals surface area contributed by atoms with E-state index in [-0.39, 0.29) is 5.82 Å². The molecule has 3 N–H and O–H groups in total. The Hall–Kier alpha value is -1.63. The van der Waals surface area contributed by atoms with Gasteiger partial charge < -0.3 is 10.0 Å². The van der Waals surface area contributed by atoms with Gasteiger partial charge in [-0.3, -0.25) is 9.78 Å².